The minimum absolute atomic E-state index is 0.233. The van der Waals surface area contributed by atoms with Crippen LogP contribution in [-0.2, 0) is 19.8 Å². The van der Waals surface area contributed by atoms with Crippen molar-refractivity contribution < 1.29 is 22.0 Å². The molecule has 0 saturated carbocycles. The smallest absolute Gasteiger partial charge is 0.326 e. The maximum Gasteiger partial charge on any atom is 0.419 e. The summed E-state index contributed by atoms with van der Waals surface area (Å²) in [5.41, 5.74) is 2.75. The molecular weight excluding hydrogens is 355 g/mol. The first-order chi connectivity index (χ1) is 12.2. The lowest BCUT2D eigenvalue weighted by molar-refractivity contribution is -0.140. The van der Waals surface area contributed by atoms with Gasteiger partial charge >= 0.3 is 6.18 Å². The predicted molar refractivity (Wildman–Crippen MR) is 87.0 cm³/mol. The lowest BCUT2D eigenvalue weighted by Gasteiger charge is -2.23. The first-order valence-electron chi connectivity index (χ1n) is 7.64. The number of nitrogens with two attached hydrogens (primary N) is 1. The van der Waals surface area contributed by atoms with Gasteiger partial charge in [-0.05, 0) is 11.6 Å². The molecule has 0 fully saturated rings. The standard InChI is InChI=1S/C17H15F5N4/c1-25-6-5-14(24-25)26-7-4-11(13(18)9-26)12-3-2-10(8-23)15(16(12)19)17(20,21)22/h2-7H,8-9,23H2,1H3. The van der Waals surface area contributed by atoms with E-state index >= 15 is 0 Å². The molecule has 0 radical (unpaired) electrons. The largest absolute Gasteiger partial charge is 0.419 e. The Morgan fingerprint density at radius 1 is 1.19 bits per heavy atom. The SMILES string of the molecule is Cn1ccc(N2C=CC(c3ccc(CN)c(C(F)(F)F)c3F)=C(F)C2)n1. The van der Waals surface area contributed by atoms with Crippen molar-refractivity contribution >= 4 is 11.4 Å². The van der Waals surface area contributed by atoms with Gasteiger partial charge in [0, 0.05) is 43.2 Å². The van der Waals surface area contributed by atoms with Crippen molar-refractivity contribution in [2.24, 2.45) is 12.8 Å². The zero-order valence-electron chi connectivity index (χ0n) is 13.7. The molecule has 4 nitrogen and oxygen atoms in total. The second-order valence-corrected chi connectivity index (χ2v) is 5.77. The highest BCUT2D eigenvalue weighted by Gasteiger charge is 2.38. The van der Waals surface area contributed by atoms with Gasteiger partial charge in [-0.25, -0.2) is 8.78 Å². The molecule has 2 aromatic rings. The van der Waals surface area contributed by atoms with Gasteiger partial charge in [0.1, 0.15) is 11.6 Å². The number of allylic oxidation sites excluding steroid dienone is 2. The van der Waals surface area contributed by atoms with Crippen molar-refractivity contribution in [3.8, 4) is 0 Å². The molecule has 2 heterocycles. The number of rotatable bonds is 3. The normalized spacial score (nSPS) is 15.1. The number of alkyl halides is 3. The van der Waals surface area contributed by atoms with E-state index in [1.54, 1.807) is 19.3 Å². The van der Waals surface area contributed by atoms with Gasteiger partial charge < -0.3 is 10.6 Å². The fraction of sp³-hybridized carbons (Fsp3) is 0.235. The number of aryl methyl sites for hydroxylation is 1. The van der Waals surface area contributed by atoms with Crippen molar-refractivity contribution in [1.29, 1.82) is 0 Å². The van der Waals surface area contributed by atoms with Crippen LogP contribution in [0.1, 0.15) is 16.7 Å². The van der Waals surface area contributed by atoms with Gasteiger partial charge in [0.25, 0.3) is 0 Å². The van der Waals surface area contributed by atoms with Crippen LogP contribution in [0.5, 0.6) is 0 Å². The Balaban J connectivity index is 2.01. The Morgan fingerprint density at radius 2 is 1.92 bits per heavy atom. The van der Waals surface area contributed by atoms with E-state index in [1.165, 1.54) is 21.9 Å². The number of hydrogen-bond acceptors (Lipinski definition) is 3. The van der Waals surface area contributed by atoms with E-state index in [-0.39, 0.29) is 17.7 Å². The van der Waals surface area contributed by atoms with Crippen molar-refractivity contribution in [2.75, 3.05) is 11.4 Å². The highest BCUT2D eigenvalue weighted by atomic mass is 19.4. The minimum Gasteiger partial charge on any atom is -0.326 e. The molecular formula is C17H15F5N4. The minimum atomic E-state index is -4.93. The molecule has 3 rings (SSSR count). The average Bonchev–Trinajstić information content (AvgIpc) is 3.00. The van der Waals surface area contributed by atoms with Gasteiger partial charge in [0.15, 0.2) is 5.82 Å². The van der Waals surface area contributed by atoms with Crippen LogP contribution in [0.25, 0.3) is 5.57 Å². The van der Waals surface area contributed by atoms with E-state index in [4.69, 9.17) is 5.73 Å². The Morgan fingerprint density at radius 3 is 2.46 bits per heavy atom. The highest BCUT2D eigenvalue weighted by Crippen LogP contribution is 2.38. The summed E-state index contributed by atoms with van der Waals surface area (Å²) in [5.74, 6) is -1.82. The van der Waals surface area contributed by atoms with E-state index < -0.39 is 35.5 Å². The van der Waals surface area contributed by atoms with Gasteiger partial charge in [-0.1, -0.05) is 12.1 Å². The first-order valence-corrected chi connectivity index (χ1v) is 7.64. The molecule has 0 spiro atoms. The molecule has 2 N–H and O–H groups in total. The maximum atomic E-state index is 14.6. The first kappa shape index (κ1) is 18.1. The second kappa shape index (κ2) is 6.56. The van der Waals surface area contributed by atoms with Crippen LogP contribution in [0.15, 0.2) is 42.5 Å². The Hall–Kier alpha value is -2.68. The quantitative estimate of drug-likeness (QED) is 0.837. The zero-order valence-corrected chi connectivity index (χ0v) is 13.7. The van der Waals surface area contributed by atoms with Crippen LogP contribution < -0.4 is 10.6 Å². The number of hydrogen-bond donors (Lipinski definition) is 1. The fourth-order valence-electron chi connectivity index (χ4n) is 2.79. The molecule has 138 valence electrons. The summed E-state index contributed by atoms with van der Waals surface area (Å²) in [4.78, 5) is 1.47. The molecule has 26 heavy (non-hydrogen) atoms. The molecule has 1 aliphatic heterocycles. The summed E-state index contributed by atoms with van der Waals surface area (Å²) in [6.07, 6.45) is -0.580. The summed E-state index contributed by atoms with van der Waals surface area (Å²) >= 11 is 0. The van der Waals surface area contributed by atoms with Gasteiger partial charge in [0.05, 0.1) is 12.1 Å². The van der Waals surface area contributed by atoms with Crippen molar-refractivity contribution in [1.82, 2.24) is 9.78 Å². The number of benzene rings is 1. The zero-order chi connectivity index (χ0) is 19.1. The monoisotopic (exact) mass is 370 g/mol. The lowest BCUT2D eigenvalue weighted by atomic mass is 9.96. The predicted octanol–water partition coefficient (Wildman–Crippen LogP) is 3.75. The Kier molecular flexibility index (Phi) is 4.57. The van der Waals surface area contributed by atoms with Crippen molar-refractivity contribution in [3.63, 3.8) is 0 Å². The summed E-state index contributed by atoms with van der Waals surface area (Å²) in [6.45, 7) is -0.737. The van der Waals surface area contributed by atoms with Crippen LogP contribution >= 0.6 is 0 Å². The highest BCUT2D eigenvalue weighted by molar-refractivity contribution is 5.79. The summed E-state index contributed by atoms with van der Waals surface area (Å²) < 4.78 is 70.2. The van der Waals surface area contributed by atoms with Crippen molar-refractivity contribution in [2.45, 2.75) is 12.7 Å². The lowest BCUT2D eigenvalue weighted by Crippen LogP contribution is -2.22. The number of anilines is 1. The van der Waals surface area contributed by atoms with E-state index in [2.05, 4.69) is 5.10 Å². The summed E-state index contributed by atoms with van der Waals surface area (Å²) in [6, 6.07) is 3.84. The number of nitrogens with zero attached hydrogens (tertiary/aromatic N) is 3. The maximum absolute atomic E-state index is 14.6. The van der Waals surface area contributed by atoms with E-state index in [0.717, 1.165) is 12.1 Å². The molecule has 0 aliphatic carbocycles. The van der Waals surface area contributed by atoms with Crippen LogP contribution in [-0.4, -0.2) is 16.3 Å². The van der Waals surface area contributed by atoms with E-state index in [1.807, 2.05) is 0 Å². The molecule has 0 saturated heterocycles. The molecule has 1 aromatic heterocycles. The fourth-order valence-corrected chi connectivity index (χ4v) is 2.79. The third-order valence-corrected chi connectivity index (χ3v) is 4.04. The number of halogens is 5. The average molecular weight is 370 g/mol. The van der Waals surface area contributed by atoms with Crippen LogP contribution in [0, 0.1) is 5.82 Å². The van der Waals surface area contributed by atoms with E-state index in [9.17, 15) is 22.0 Å². The molecule has 0 unspecified atom stereocenters. The van der Waals surface area contributed by atoms with Gasteiger partial charge in [0.2, 0.25) is 0 Å². The van der Waals surface area contributed by atoms with Gasteiger partial charge in [-0.2, -0.15) is 18.3 Å². The molecule has 0 atom stereocenters. The van der Waals surface area contributed by atoms with Crippen LogP contribution in [0.4, 0.5) is 27.8 Å². The third-order valence-electron chi connectivity index (χ3n) is 4.04. The molecule has 9 heteroatoms. The van der Waals surface area contributed by atoms with Crippen LogP contribution in [0.3, 0.4) is 0 Å². The van der Waals surface area contributed by atoms with Crippen LogP contribution in [0.2, 0.25) is 0 Å². The topological polar surface area (TPSA) is 47.1 Å². The summed E-state index contributed by atoms with van der Waals surface area (Å²) in [5, 5.41) is 4.12. The second-order valence-electron chi connectivity index (χ2n) is 5.77. The molecule has 1 aromatic carbocycles. The molecule has 0 amide bonds. The van der Waals surface area contributed by atoms with E-state index in [0.29, 0.717) is 5.82 Å². The van der Waals surface area contributed by atoms with Crippen molar-refractivity contribution in [3.05, 3.63) is 65.0 Å². The Labute approximate surface area is 146 Å². The third kappa shape index (κ3) is 3.22. The molecule has 1 aliphatic rings. The van der Waals surface area contributed by atoms with Gasteiger partial charge in [-0.3, -0.25) is 4.68 Å². The summed E-state index contributed by atoms with van der Waals surface area (Å²) in [7, 11) is 1.70. The Bertz CT molecular complexity index is 895. The number of aromatic nitrogens is 2. The molecule has 0 bridgehead atoms. The van der Waals surface area contributed by atoms with Gasteiger partial charge in [-0.15, -0.1) is 0 Å².